The largest absolute Gasteiger partial charge is 0.472 e. The summed E-state index contributed by atoms with van der Waals surface area (Å²) in [4.78, 5) is 22.7. The highest BCUT2D eigenvalue weighted by molar-refractivity contribution is 7.47. The molecular formula is C41H77N2O6P. The molecule has 0 heterocycles. The quantitative estimate of drug-likeness (QED) is 0.0285. The van der Waals surface area contributed by atoms with E-state index in [-0.39, 0.29) is 25.7 Å². The molecule has 0 rings (SSSR count). The SMILES string of the molecule is CC/C=C\C/C=C\C/C=C\C/C=C\CCCCCCCCC(=O)NC(COP(=O)(O)OCCN)C(O)CCCCCCCCCCCCCC. The van der Waals surface area contributed by atoms with Crippen LogP contribution in [0.15, 0.2) is 48.6 Å². The lowest BCUT2D eigenvalue weighted by molar-refractivity contribution is -0.123. The van der Waals surface area contributed by atoms with Gasteiger partial charge in [0.25, 0.3) is 0 Å². The predicted molar refractivity (Wildman–Crippen MR) is 212 cm³/mol. The molecule has 292 valence electrons. The van der Waals surface area contributed by atoms with Crippen molar-refractivity contribution in [2.45, 2.75) is 187 Å². The molecule has 50 heavy (non-hydrogen) atoms. The van der Waals surface area contributed by atoms with Gasteiger partial charge in [0.15, 0.2) is 0 Å². The number of carbonyl (C=O) groups excluding carboxylic acids is 1. The first-order valence-electron chi connectivity index (χ1n) is 20.3. The van der Waals surface area contributed by atoms with Gasteiger partial charge in [0, 0.05) is 13.0 Å². The van der Waals surface area contributed by atoms with Crippen LogP contribution in [0.3, 0.4) is 0 Å². The number of phosphoric ester groups is 1. The van der Waals surface area contributed by atoms with Gasteiger partial charge in [-0.25, -0.2) is 4.57 Å². The molecule has 0 aromatic rings. The van der Waals surface area contributed by atoms with Gasteiger partial charge in [0.05, 0.1) is 25.4 Å². The van der Waals surface area contributed by atoms with Crippen molar-refractivity contribution < 1.29 is 28.4 Å². The molecule has 9 heteroatoms. The smallest absolute Gasteiger partial charge is 0.391 e. The molecular weight excluding hydrogens is 647 g/mol. The van der Waals surface area contributed by atoms with Crippen molar-refractivity contribution in [3.05, 3.63) is 48.6 Å². The van der Waals surface area contributed by atoms with Gasteiger partial charge < -0.3 is 21.1 Å². The molecule has 1 amide bonds. The molecule has 0 aromatic heterocycles. The van der Waals surface area contributed by atoms with Gasteiger partial charge in [-0.3, -0.25) is 13.8 Å². The molecule has 0 aliphatic heterocycles. The van der Waals surface area contributed by atoms with E-state index in [0.29, 0.717) is 12.8 Å². The number of carbonyl (C=O) groups is 1. The summed E-state index contributed by atoms with van der Waals surface area (Å²) in [6.07, 6.45) is 44.0. The van der Waals surface area contributed by atoms with Crippen LogP contribution in [0.1, 0.15) is 174 Å². The molecule has 0 aliphatic carbocycles. The molecule has 0 bridgehead atoms. The second kappa shape index (κ2) is 37.2. The topological polar surface area (TPSA) is 131 Å². The molecule has 0 radical (unpaired) electrons. The Hall–Kier alpha value is -1.54. The average molecular weight is 725 g/mol. The molecule has 0 spiro atoms. The van der Waals surface area contributed by atoms with Gasteiger partial charge in [-0.15, -0.1) is 0 Å². The molecule has 0 saturated carbocycles. The van der Waals surface area contributed by atoms with Crippen LogP contribution in [0.25, 0.3) is 0 Å². The van der Waals surface area contributed by atoms with Gasteiger partial charge in [0.1, 0.15) is 0 Å². The molecule has 0 aliphatic rings. The lowest BCUT2D eigenvalue weighted by Crippen LogP contribution is -2.46. The predicted octanol–water partition coefficient (Wildman–Crippen LogP) is 10.9. The van der Waals surface area contributed by atoms with E-state index in [0.717, 1.165) is 77.0 Å². The minimum absolute atomic E-state index is 0.0843. The molecule has 0 aromatic carbocycles. The van der Waals surface area contributed by atoms with E-state index in [1.165, 1.54) is 70.6 Å². The number of rotatable bonds is 37. The van der Waals surface area contributed by atoms with E-state index in [1.807, 2.05) is 0 Å². The van der Waals surface area contributed by atoms with Gasteiger partial charge in [-0.1, -0.05) is 165 Å². The van der Waals surface area contributed by atoms with Crippen molar-refractivity contribution in [3.63, 3.8) is 0 Å². The number of aliphatic hydroxyl groups excluding tert-OH is 1. The summed E-state index contributed by atoms with van der Waals surface area (Å²) in [6.45, 7) is 4.06. The van der Waals surface area contributed by atoms with Crippen molar-refractivity contribution in [3.8, 4) is 0 Å². The minimum atomic E-state index is -4.32. The molecule has 5 N–H and O–H groups in total. The maximum absolute atomic E-state index is 12.7. The number of aliphatic hydroxyl groups is 1. The normalized spacial score (nSPS) is 14.7. The highest BCUT2D eigenvalue weighted by Crippen LogP contribution is 2.43. The summed E-state index contributed by atoms with van der Waals surface area (Å²) >= 11 is 0. The Labute approximate surface area is 307 Å². The Morgan fingerprint density at radius 1 is 0.680 bits per heavy atom. The van der Waals surface area contributed by atoms with E-state index in [4.69, 9.17) is 14.8 Å². The van der Waals surface area contributed by atoms with Gasteiger partial charge in [-0.2, -0.15) is 0 Å². The lowest BCUT2D eigenvalue weighted by Gasteiger charge is -2.25. The number of hydrogen-bond donors (Lipinski definition) is 4. The zero-order valence-electron chi connectivity index (χ0n) is 32.1. The van der Waals surface area contributed by atoms with Crippen LogP contribution in [0.4, 0.5) is 0 Å². The zero-order valence-corrected chi connectivity index (χ0v) is 33.0. The van der Waals surface area contributed by atoms with Gasteiger partial charge >= 0.3 is 7.82 Å². The third-order valence-electron chi connectivity index (χ3n) is 8.70. The second-order valence-corrected chi connectivity index (χ2v) is 14.9. The summed E-state index contributed by atoms with van der Waals surface area (Å²) in [5, 5.41) is 13.7. The van der Waals surface area contributed by atoms with Crippen LogP contribution in [0.5, 0.6) is 0 Å². The fourth-order valence-corrected chi connectivity index (χ4v) is 6.42. The highest BCUT2D eigenvalue weighted by Gasteiger charge is 2.27. The number of allylic oxidation sites excluding steroid dienone is 8. The van der Waals surface area contributed by atoms with E-state index >= 15 is 0 Å². The van der Waals surface area contributed by atoms with Gasteiger partial charge in [0.2, 0.25) is 5.91 Å². The number of unbranched alkanes of at least 4 members (excludes halogenated alkanes) is 17. The Balaban J connectivity index is 4.22. The summed E-state index contributed by atoms with van der Waals surface area (Å²) in [6, 6.07) is -0.782. The maximum Gasteiger partial charge on any atom is 0.472 e. The number of phosphoric acid groups is 1. The first kappa shape index (κ1) is 48.5. The highest BCUT2D eigenvalue weighted by atomic mass is 31.2. The van der Waals surface area contributed by atoms with Crippen LogP contribution >= 0.6 is 7.82 Å². The van der Waals surface area contributed by atoms with Crippen LogP contribution in [0, 0.1) is 0 Å². The van der Waals surface area contributed by atoms with Gasteiger partial charge in [-0.05, 0) is 51.4 Å². The Morgan fingerprint density at radius 3 is 1.70 bits per heavy atom. The monoisotopic (exact) mass is 725 g/mol. The molecule has 3 unspecified atom stereocenters. The van der Waals surface area contributed by atoms with Crippen molar-refractivity contribution in [1.82, 2.24) is 5.32 Å². The first-order chi connectivity index (χ1) is 24.4. The van der Waals surface area contributed by atoms with Crippen molar-refractivity contribution >= 4 is 13.7 Å². The average Bonchev–Trinajstić information content (AvgIpc) is 3.10. The molecule has 8 nitrogen and oxygen atoms in total. The third-order valence-corrected chi connectivity index (χ3v) is 9.68. The first-order valence-corrected chi connectivity index (χ1v) is 21.7. The summed E-state index contributed by atoms with van der Waals surface area (Å²) in [7, 11) is -4.32. The third kappa shape index (κ3) is 34.9. The molecule has 3 atom stereocenters. The zero-order chi connectivity index (χ0) is 36.8. The van der Waals surface area contributed by atoms with E-state index in [9.17, 15) is 19.4 Å². The van der Waals surface area contributed by atoms with Crippen molar-refractivity contribution in [1.29, 1.82) is 0 Å². The maximum atomic E-state index is 12.7. The fourth-order valence-electron chi connectivity index (χ4n) is 5.66. The Morgan fingerprint density at radius 2 is 1.16 bits per heavy atom. The van der Waals surface area contributed by atoms with E-state index in [1.54, 1.807) is 0 Å². The van der Waals surface area contributed by atoms with Crippen LogP contribution < -0.4 is 11.1 Å². The Bertz CT molecular complexity index is 923. The van der Waals surface area contributed by atoms with Crippen molar-refractivity contribution in [2.24, 2.45) is 5.73 Å². The minimum Gasteiger partial charge on any atom is -0.391 e. The van der Waals surface area contributed by atoms with Crippen molar-refractivity contribution in [2.75, 3.05) is 19.8 Å². The van der Waals surface area contributed by atoms with E-state index in [2.05, 4.69) is 67.8 Å². The second-order valence-electron chi connectivity index (χ2n) is 13.5. The Kier molecular flexibility index (Phi) is 36.1. The summed E-state index contributed by atoms with van der Waals surface area (Å²) in [5.74, 6) is -0.178. The molecule has 0 fully saturated rings. The van der Waals surface area contributed by atoms with Crippen LogP contribution in [-0.2, 0) is 18.4 Å². The standard InChI is InChI=1S/C41H77N2O6P/c1-3-5-7-9-11-13-15-17-18-19-20-21-22-23-25-27-29-31-33-35-41(45)43-39(38-49-50(46,47)48-37-36-42)40(44)34-32-30-28-26-24-16-14-12-10-8-6-4-2/h5,7,11,13,17-18,20-21,39-40,44H,3-4,6,8-10,12,14-16,19,22-38,42H2,1-2H3,(H,43,45)(H,46,47)/b7-5-,13-11-,18-17-,21-20-. The summed E-state index contributed by atoms with van der Waals surface area (Å²) < 4.78 is 22.1. The number of hydrogen-bond acceptors (Lipinski definition) is 6. The fraction of sp³-hybridized carbons (Fsp3) is 0.780. The number of nitrogens with one attached hydrogen (secondary N) is 1. The molecule has 0 saturated heterocycles. The van der Waals surface area contributed by atoms with Crippen LogP contribution in [-0.4, -0.2) is 47.8 Å². The number of amides is 1. The van der Waals surface area contributed by atoms with Crippen LogP contribution in [0.2, 0.25) is 0 Å². The van der Waals surface area contributed by atoms with E-state index < -0.39 is 20.0 Å². The number of nitrogens with two attached hydrogens (primary N) is 1. The lowest BCUT2D eigenvalue weighted by atomic mass is 10.0. The summed E-state index contributed by atoms with van der Waals surface area (Å²) in [5.41, 5.74) is 5.37.